The van der Waals surface area contributed by atoms with Crippen LogP contribution in [0, 0.1) is 0 Å². The molecule has 1 aliphatic carbocycles. The van der Waals surface area contributed by atoms with Crippen LogP contribution in [0.2, 0.25) is 0 Å². The third kappa shape index (κ3) is 3.77. The Morgan fingerprint density at radius 3 is 2.96 bits per heavy atom. The minimum absolute atomic E-state index is 0.0139. The highest BCUT2D eigenvalue weighted by atomic mass is 32.2. The van der Waals surface area contributed by atoms with Gasteiger partial charge in [0.05, 0.1) is 16.9 Å². The van der Waals surface area contributed by atoms with Crippen LogP contribution in [0.5, 0.6) is 0 Å². The number of hydrogen-bond acceptors (Lipinski definition) is 5. The van der Waals surface area contributed by atoms with Crippen molar-refractivity contribution in [1.29, 1.82) is 0 Å². The van der Waals surface area contributed by atoms with Crippen LogP contribution in [0.15, 0.2) is 4.79 Å². The standard InChI is InChI=1S/C16H21N3O2S2/c1-9(2)17-13(20)8-22-7-12-18-15(21)14-10-5-3-4-6-11(10)23-16(14)19-12/h9H,3-8H2,1-2H3,(H,17,20)(H,18,19,21). The van der Waals surface area contributed by atoms with Crippen molar-refractivity contribution in [2.24, 2.45) is 0 Å². The lowest BCUT2D eigenvalue weighted by Gasteiger charge is -2.09. The summed E-state index contributed by atoms with van der Waals surface area (Å²) in [6, 6.07) is 0.148. The molecule has 23 heavy (non-hydrogen) atoms. The van der Waals surface area contributed by atoms with Gasteiger partial charge in [-0.1, -0.05) is 0 Å². The van der Waals surface area contributed by atoms with Crippen LogP contribution in [0.4, 0.5) is 0 Å². The maximum Gasteiger partial charge on any atom is 0.259 e. The van der Waals surface area contributed by atoms with Crippen molar-refractivity contribution in [3.8, 4) is 0 Å². The number of hydrogen-bond donors (Lipinski definition) is 2. The zero-order chi connectivity index (χ0) is 16.4. The van der Waals surface area contributed by atoms with E-state index in [0.29, 0.717) is 17.3 Å². The molecule has 2 heterocycles. The number of nitrogens with zero attached hydrogens (tertiary/aromatic N) is 1. The average Bonchev–Trinajstić information content (AvgIpc) is 2.85. The fraction of sp³-hybridized carbons (Fsp3) is 0.562. The van der Waals surface area contributed by atoms with Crippen molar-refractivity contribution in [3.05, 3.63) is 26.6 Å². The fourth-order valence-electron chi connectivity index (χ4n) is 2.88. The monoisotopic (exact) mass is 351 g/mol. The first-order chi connectivity index (χ1) is 11.0. The quantitative estimate of drug-likeness (QED) is 0.868. The highest BCUT2D eigenvalue weighted by Gasteiger charge is 2.19. The number of aromatic amines is 1. The van der Waals surface area contributed by atoms with Crippen LogP contribution >= 0.6 is 23.1 Å². The summed E-state index contributed by atoms with van der Waals surface area (Å²) in [5.41, 5.74) is 1.18. The van der Waals surface area contributed by atoms with Crippen molar-refractivity contribution in [2.45, 2.75) is 51.3 Å². The minimum atomic E-state index is -0.0309. The summed E-state index contributed by atoms with van der Waals surface area (Å²) in [6.45, 7) is 3.88. The third-order valence-electron chi connectivity index (χ3n) is 3.80. The van der Waals surface area contributed by atoms with Crippen molar-refractivity contribution in [1.82, 2.24) is 15.3 Å². The molecule has 0 saturated carbocycles. The van der Waals surface area contributed by atoms with Crippen molar-refractivity contribution >= 4 is 39.2 Å². The zero-order valence-corrected chi connectivity index (χ0v) is 15.0. The molecule has 0 atom stereocenters. The normalized spacial score (nSPS) is 14.2. The van der Waals surface area contributed by atoms with E-state index in [9.17, 15) is 9.59 Å². The molecule has 7 heteroatoms. The molecule has 0 saturated heterocycles. The number of carbonyl (C=O) groups excluding carboxylic acids is 1. The number of nitrogens with one attached hydrogen (secondary N) is 2. The molecule has 0 unspecified atom stereocenters. The maximum atomic E-state index is 12.4. The Labute approximate surface area is 143 Å². The first-order valence-electron chi connectivity index (χ1n) is 7.95. The van der Waals surface area contributed by atoms with E-state index < -0.39 is 0 Å². The van der Waals surface area contributed by atoms with E-state index in [4.69, 9.17) is 0 Å². The van der Waals surface area contributed by atoms with E-state index in [1.54, 1.807) is 11.3 Å². The van der Waals surface area contributed by atoms with Crippen LogP contribution in [-0.4, -0.2) is 27.7 Å². The molecule has 0 spiro atoms. The number of rotatable bonds is 5. The molecule has 0 radical (unpaired) electrons. The second-order valence-electron chi connectivity index (χ2n) is 6.12. The molecule has 2 aromatic rings. The summed E-state index contributed by atoms with van der Waals surface area (Å²) < 4.78 is 0. The Bertz CT molecular complexity index is 779. The van der Waals surface area contributed by atoms with Gasteiger partial charge < -0.3 is 10.3 Å². The smallest absolute Gasteiger partial charge is 0.259 e. The molecule has 124 valence electrons. The SMILES string of the molecule is CC(C)NC(=O)CSCc1nc2sc3c(c2c(=O)[nH]1)CCCC3. The Morgan fingerprint density at radius 2 is 2.17 bits per heavy atom. The Hall–Kier alpha value is -1.34. The highest BCUT2D eigenvalue weighted by molar-refractivity contribution is 7.99. The predicted molar refractivity (Wildman–Crippen MR) is 96.3 cm³/mol. The summed E-state index contributed by atoms with van der Waals surface area (Å²) in [6.07, 6.45) is 4.41. The van der Waals surface area contributed by atoms with Gasteiger partial charge in [0.1, 0.15) is 10.7 Å². The number of aromatic nitrogens is 2. The zero-order valence-electron chi connectivity index (χ0n) is 13.4. The van der Waals surface area contributed by atoms with Crippen LogP contribution in [0.25, 0.3) is 10.2 Å². The van der Waals surface area contributed by atoms with E-state index in [1.165, 1.54) is 28.6 Å². The van der Waals surface area contributed by atoms with Crippen molar-refractivity contribution in [3.63, 3.8) is 0 Å². The number of H-pyrrole nitrogens is 1. The molecular weight excluding hydrogens is 330 g/mol. The number of aryl methyl sites for hydroxylation is 2. The van der Waals surface area contributed by atoms with Crippen LogP contribution in [-0.2, 0) is 23.4 Å². The van der Waals surface area contributed by atoms with E-state index in [1.807, 2.05) is 13.8 Å². The molecule has 2 aromatic heterocycles. The summed E-state index contributed by atoms with van der Waals surface area (Å²) in [4.78, 5) is 33.7. The molecule has 2 N–H and O–H groups in total. The van der Waals surface area contributed by atoms with Gasteiger partial charge in [-0.05, 0) is 45.1 Å². The van der Waals surface area contributed by atoms with Gasteiger partial charge in [0.15, 0.2) is 0 Å². The van der Waals surface area contributed by atoms with Gasteiger partial charge in [-0.2, -0.15) is 0 Å². The average molecular weight is 351 g/mol. The Balaban J connectivity index is 1.73. The van der Waals surface area contributed by atoms with E-state index in [2.05, 4.69) is 15.3 Å². The topological polar surface area (TPSA) is 74.8 Å². The largest absolute Gasteiger partial charge is 0.353 e. The number of thioether (sulfide) groups is 1. The van der Waals surface area contributed by atoms with Gasteiger partial charge in [-0.25, -0.2) is 4.98 Å². The van der Waals surface area contributed by atoms with Gasteiger partial charge in [-0.3, -0.25) is 9.59 Å². The van der Waals surface area contributed by atoms with Crippen LogP contribution in [0.1, 0.15) is 43.0 Å². The second kappa shape index (κ2) is 7.05. The fourth-order valence-corrected chi connectivity index (χ4v) is 4.86. The summed E-state index contributed by atoms with van der Waals surface area (Å²) in [7, 11) is 0. The summed E-state index contributed by atoms with van der Waals surface area (Å²) in [5, 5.41) is 3.64. The number of fused-ring (bicyclic) bond motifs is 3. The lowest BCUT2D eigenvalue weighted by atomic mass is 9.97. The highest BCUT2D eigenvalue weighted by Crippen LogP contribution is 2.33. The van der Waals surface area contributed by atoms with Crippen LogP contribution in [0.3, 0.4) is 0 Å². The number of carbonyl (C=O) groups is 1. The molecule has 0 aliphatic heterocycles. The summed E-state index contributed by atoms with van der Waals surface area (Å²) >= 11 is 3.13. The third-order valence-corrected chi connectivity index (χ3v) is 5.93. The Kier molecular flexibility index (Phi) is 5.06. The van der Waals surface area contributed by atoms with E-state index in [0.717, 1.165) is 29.5 Å². The second-order valence-corrected chi connectivity index (χ2v) is 8.19. The van der Waals surface area contributed by atoms with Gasteiger partial charge in [-0.15, -0.1) is 23.1 Å². The molecule has 1 amide bonds. The summed E-state index contributed by atoms with van der Waals surface area (Å²) in [5.74, 6) is 1.59. The number of thiophene rings is 1. The maximum absolute atomic E-state index is 12.4. The molecule has 0 fully saturated rings. The Morgan fingerprint density at radius 1 is 1.39 bits per heavy atom. The molecular formula is C16H21N3O2S2. The van der Waals surface area contributed by atoms with Gasteiger partial charge in [0.2, 0.25) is 5.91 Å². The molecule has 5 nitrogen and oxygen atoms in total. The van der Waals surface area contributed by atoms with Crippen molar-refractivity contribution in [2.75, 3.05) is 5.75 Å². The first-order valence-corrected chi connectivity index (χ1v) is 9.92. The van der Waals surface area contributed by atoms with E-state index >= 15 is 0 Å². The van der Waals surface area contributed by atoms with Gasteiger partial charge in [0.25, 0.3) is 5.56 Å². The van der Waals surface area contributed by atoms with Crippen molar-refractivity contribution < 1.29 is 4.79 Å². The van der Waals surface area contributed by atoms with E-state index in [-0.39, 0.29) is 17.5 Å². The van der Waals surface area contributed by atoms with Gasteiger partial charge >= 0.3 is 0 Å². The minimum Gasteiger partial charge on any atom is -0.353 e. The molecule has 3 rings (SSSR count). The molecule has 0 bridgehead atoms. The predicted octanol–water partition coefficient (Wildman–Crippen LogP) is 2.62. The number of amides is 1. The first kappa shape index (κ1) is 16.5. The molecule has 1 aliphatic rings. The lowest BCUT2D eigenvalue weighted by Crippen LogP contribution is -2.31. The van der Waals surface area contributed by atoms with Gasteiger partial charge in [0, 0.05) is 10.9 Å². The van der Waals surface area contributed by atoms with Crippen LogP contribution < -0.4 is 10.9 Å². The molecule has 0 aromatic carbocycles. The lowest BCUT2D eigenvalue weighted by molar-refractivity contribution is -0.119.